The molecular formula is C76H129N13O21. The second kappa shape index (κ2) is 57.2. The van der Waals surface area contributed by atoms with Gasteiger partial charge in [0.05, 0.1) is 44.9 Å². The molecule has 0 bridgehead atoms. The van der Waals surface area contributed by atoms with Crippen LogP contribution in [-0.4, -0.2) is 218 Å². The molecule has 0 fully saturated rings. The minimum absolute atomic E-state index is 0.000124. The van der Waals surface area contributed by atoms with E-state index in [4.69, 9.17) is 5.73 Å². The average molecular weight is 1560 g/mol. The number of nitrogens with two attached hydrogens (primary N) is 1. The van der Waals surface area contributed by atoms with Gasteiger partial charge in [0.1, 0.15) is 66.2 Å². The van der Waals surface area contributed by atoms with Crippen LogP contribution in [0.15, 0.2) is 24.3 Å². The Morgan fingerprint density at radius 2 is 0.736 bits per heavy atom. The summed E-state index contributed by atoms with van der Waals surface area (Å²) >= 11 is 0. The molecule has 0 aliphatic rings. The van der Waals surface area contributed by atoms with Gasteiger partial charge in [0.25, 0.3) is 0 Å². The van der Waals surface area contributed by atoms with Crippen LogP contribution in [0.4, 0.5) is 0 Å². The highest BCUT2D eigenvalue weighted by Crippen LogP contribution is 2.17. The summed E-state index contributed by atoms with van der Waals surface area (Å²) in [5, 5.41) is 89.5. The number of aliphatic hydroxyl groups excluding tert-OH is 4. The van der Waals surface area contributed by atoms with Gasteiger partial charge in [0.2, 0.25) is 76.8 Å². The van der Waals surface area contributed by atoms with Crippen molar-refractivity contribution >= 4 is 88.5 Å². The summed E-state index contributed by atoms with van der Waals surface area (Å²) < 4.78 is 0. The minimum atomic E-state index is -1.89. The maximum atomic E-state index is 14.7. The molecule has 20 N–H and O–H groups in total. The fourth-order valence-electron chi connectivity index (χ4n) is 11.7. The van der Waals surface area contributed by atoms with Crippen LogP contribution in [0.3, 0.4) is 0 Å². The number of hydrogen-bond donors (Lipinski definition) is 19. The molecule has 0 aromatic heterocycles. The molecule has 110 heavy (non-hydrogen) atoms. The van der Waals surface area contributed by atoms with Gasteiger partial charge in [-0.05, 0) is 76.0 Å². The molecular weight excluding hydrogens is 1430 g/mol. The van der Waals surface area contributed by atoms with Gasteiger partial charge in [-0.2, -0.15) is 0 Å². The Balaban J connectivity index is 3.44. The number of aliphatic hydroxyl groups is 4. The number of carboxylic acid groups (broad SMARTS) is 1. The van der Waals surface area contributed by atoms with Crippen molar-refractivity contribution in [3.8, 4) is 5.75 Å². The number of Topliss-reactive ketones (excluding diaryl/α,β-unsaturated/α-hetero) is 1. The maximum absolute atomic E-state index is 14.7. The van der Waals surface area contributed by atoms with Crippen molar-refractivity contribution in [3.63, 3.8) is 0 Å². The standard InChI is InChI=1S/C76H129N13O21/c1-9-13-17-18-19-20-21-22-23-24-25-26-29-33-63(97)80-59(44-90)67(101)78-43-64(98)79-58(41-50-34-36-51(95)37-35-50)73(107)84-55(38-39-62(77)96)71(105)82-53(31-27-14-10-2)68(102)81-54(32-28-15-11-3)69(103)86-57(40-47(5)6)72(106)83-52(30-16-12-4)70(104)87-60(45-91)74(108)88-61(46-92)75(109)89-66(49(8)94)76(110)85-56(48(7)93)42-65(99)100/h34-37,47,49,52-61,66,90-92,94-95H,9-33,38-46H2,1-8H3,(H2,77,96)(H,78,101)(H,79,98)(H,80,97)(H,81,102)(H,82,105)(H,83,106)(H,84,107)(H,85,110)(H,86,103)(H,87,104)(H,88,108)(H,89,109)(H,99,100)/t49-,52+,53+,54+,55+,56+,57+,58+,59+,60+,61+,66+/m1/s1. The van der Waals surface area contributed by atoms with E-state index in [1.54, 1.807) is 20.8 Å². The van der Waals surface area contributed by atoms with E-state index in [2.05, 4.69) is 70.7 Å². The number of benzene rings is 1. The number of phenolic OH excluding ortho intramolecular Hbond substituents is 1. The number of aliphatic carboxylic acids is 1. The molecule has 34 heteroatoms. The fourth-order valence-corrected chi connectivity index (χ4v) is 11.7. The Labute approximate surface area is 646 Å². The van der Waals surface area contributed by atoms with E-state index in [-0.39, 0.29) is 50.2 Å². The monoisotopic (exact) mass is 1560 g/mol. The topological polar surface area (TPSA) is 548 Å². The number of primary amides is 1. The summed E-state index contributed by atoms with van der Waals surface area (Å²) in [6.45, 7) is 9.63. The number of ketones is 1. The van der Waals surface area contributed by atoms with Crippen molar-refractivity contribution in [2.75, 3.05) is 26.4 Å². The first-order valence-electron chi connectivity index (χ1n) is 39.2. The summed E-state index contributed by atoms with van der Waals surface area (Å²) in [7, 11) is 0. The molecule has 0 saturated heterocycles. The zero-order chi connectivity index (χ0) is 82.7. The van der Waals surface area contributed by atoms with Gasteiger partial charge in [-0.3, -0.25) is 71.9 Å². The third-order valence-electron chi connectivity index (χ3n) is 18.3. The molecule has 0 radical (unpaired) electrons. The third-order valence-corrected chi connectivity index (χ3v) is 18.3. The molecule has 0 unspecified atom stereocenters. The Bertz CT molecular complexity index is 3030. The quantitative estimate of drug-likeness (QED) is 0.0404. The predicted molar refractivity (Wildman–Crippen MR) is 408 cm³/mol. The molecule has 0 heterocycles. The maximum Gasteiger partial charge on any atom is 0.305 e. The largest absolute Gasteiger partial charge is 0.508 e. The number of aromatic hydroxyl groups is 1. The van der Waals surface area contributed by atoms with Crippen molar-refractivity contribution in [2.45, 2.75) is 321 Å². The van der Waals surface area contributed by atoms with E-state index < -0.39 is 207 Å². The number of unbranched alkanes of at least 4 members (excludes halogenated alkanes) is 17. The van der Waals surface area contributed by atoms with E-state index in [1.165, 1.54) is 75.6 Å². The molecule has 0 spiro atoms. The van der Waals surface area contributed by atoms with Crippen molar-refractivity contribution in [2.24, 2.45) is 11.7 Å². The number of carboxylic acids is 1. The lowest BCUT2D eigenvalue weighted by molar-refractivity contribution is -0.141. The van der Waals surface area contributed by atoms with E-state index in [0.29, 0.717) is 63.4 Å². The minimum Gasteiger partial charge on any atom is -0.508 e. The lowest BCUT2D eigenvalue weighted by atomic mass is 10.00. The lowest BCUT2D eigenvalue weighted by Crippen LogP contribution is -2.62. The van der Waals surface area contributed by atoms with Gasteiger partial charge < -0.3 is 100 Å². The first-order chi connectivity index (χ1) is 52.3. The summed E-state index contributed by atoms with van der Waals surface area (Å²) in [5.74, 6) is -14.9. The van der Waals surface area contributed by atoms with Crippen LogP contribution in [0, 0.1) is 5.92 Å². The summed E-state index contributed by atoms with van der Waals surface area (Å²) in [6, 6.07) is -11.6. The number of carbonyl (C=O) groups excluding carboxylic acids is 14. The lowest BCUT2D eigenvalue weighted by Gasteiger charge is -2.29. The zero-order valence-electron chi connectivity index (χ0n) is 65.7. The first kappa shape index (κ1) is 99.1. The third kappa shape index (κ3) is 42.3. The molecule has 0 aliphatic carbocycles. The summed E-state index contributed by atoms with van der Waals surface area (Å²) in [6.07, 6.45) is 15.1. The van der Waals surface area contributed by atoms with E-state index in [0.717, 1.165) is 39.5 Å². The number of rotatable bonds is 62. The zero-order valence-corrected chi connectivity index (χ0v) is 65.7. The van der Waals surface area contributed by atoms with Crippen molar-refractivity contribution in [1.29, 1.82) is 0 Å². The van der Waals surface area contributed by atoms with Crippen molar-refractivity contribution < 1.29 is 103 Å². The molecule has 13 amide bonds. The average Bonchev–Trinajstić information content (AvgIpc) is 0.855. The summed E-state index contributed by atoms with van der Waals surface area (Å²) in [5.41, 5.74) is 5.96. The predicted octanol–water partition coefficient (Wildman–Crippen LogP) is 0.949. The van der Waals surface area contributed by atoms with Gasteiger partial charge in [0.15, 0.2) is 5.78 Å². The van der Waals surface area contributed by atoms with Crippen LogP contribution in [0.1, 0.15) is 247 Å². The number of nitrogens with one attached hydrogen (secondary N) is 12. The first-order valence-corrected chi connectivity index (χ1v) is 39.2. The number of phenols is 1. The van der Waals surface area contributed by atoms with E-state index in [9.17, 15) is 103 Å². The molecule has 624 valence electrons. The number of hydrogen-bond acceptors (Lipinski definition) is 20. The Morgan fingerprint density at radius 1 is 0.382 bits per heavy atom. The smallest absolute Gasteiger partial charge is 0.305 e. The normalized spacial score (nSPS) is 14.4. The Kier molecular flexibility index (Phi) is 51.5. The van der Waals surface area contributed by atoms with Gasteiger partial charge in [-0.25, -0.2) is 0 Å². The molecule has 1 aromatic carbocycles. The fraction of sp³-hybridized carbons (Fsp3) is 0.724. The van der Waals surface area contributed by atoms with Gasteiger partial charge in [-0.1, -0.05) is 182 Å². The molecule has 12 atom stereocenters. The van der Waals surface area contributed by atoms with Crippen LogP contribution >= 0.6 is 0 Å². The highest BCUT2D eigenvalue weighted by Gasteiger charge is 2.37. The summed E-state index contributed by atoms with van der Waals surface area (Å²) in [4.78, 5) is 202. The molecule has 34 nitrogen and oxygen atoms in total. The van der Waals surface area contributed by atoms with Crippen LogP contribution in [0.25, 0.3) is 0 Å². The number of carbonyl (C=O) groups is 15. The Morgan fingerprint density at radius 3 is 1.15 bits per heavy atom. The van der Waals surface area contributed by atoms with Gasteiger partial charge >= 0.3 is 5.97 Å². The van der Waals surface area contributed by atoms with Crippen molar-refractivity contribution in [3.05, 3.63) is 29.8 Å². The Hall–Kier alpha value is -8.89. The second-order valence-electron chi connectivity index (χ2n) is 28.6. The molecule has 0 aliphatic heterocycles. The highest BCUT2D eigenvalue weighted by molar-refractivity contribution is 6.00. The molecule has 0 saturated carbocycles. The van der Waals surface area contributed by atoms with Crippen LogP contribution in [-0.2, 0) is 78.3 Å². The second-order valence-corrected chi connectivity index (χ2v) is 28.6. The van der Waals surface area contributed by atoms with E-state index in [1.807, 2.05) is 13.8 Å². The molecule has 1 aromatic rings. The molecule has 1 rings (SSSR count). The SMILES string of the molecule is CCCCCCCCCCCCCCCC(=O)N[C@@H](CO)C(=O)NCC(=O)N[C@@H](Cc1ccc(O)cc1)C(=O)N[C@@H](CCC(N)=O)C(=O)N[C@@H](CCCCC)C(=O)N[C@@H](CCCCC)C(=O)N[C@@H](CC(C)C)C(=O)N[C@@H](CCCC)C(=O)N[C@@H](CO)C(=O)N[C@@H](CO)C(=O)N[C@H](C(=O)N[C@@H](CC(=O)O)C(C)=O)[C@@H](C)O. The van der Waals surface area contributed by atoms with E-state index >= 15 is 0 Å². The van der Waals surface area contributed by atoms with Gasteiger partial charge in [0, 0.05) is 19.3 Å². The van der Waals surface area contributed by atoms with Gasteiger partial charge in [-0.15, -0.1) is 0 Å². The highest BCUT2D eigenvalue weighted by atomic mass is 16.4. The number of amides is 13. The van der Waals surface area contributed by atoms with Crippen LogP contribution in [0.2, 0.25) is 0 Å². The van der Waals surface area contributed by atoms with Crippen LogP contribution in [0.5, 0.6) is 5.75 Å². The van der Waals surface area contributed by atoms with Crippen LogP contribution < -0.4 is 69.5 Å². The van der Waals surface area contributed by atoms with Crippen molar-refractivity contribution in [1.82, 2.24) is 63.8 Å².